The third-order valence-corrected chi connectivity index (χ3v) is 4.15. The van der Waals surface area contributed by atoms with Crippen molar-refractivity contribution in [2.45, 2.75) is 12.8 Å². The third kappa shape index (κ3) is 4.72. The van der Waals surface area contributed by atoms with Crippen LogP contribution in [0.4, 0.5) is 5.69 Å². The lowest BCUT2D eigenvalue weighted by Crippen LogP contribution is -2.22. The quantitative estimate of drug-likeness (QED) is 0.683. The van der Waals surface area contributed by atoms with E-state index in [-0.39, 0.29) is 24.7 Å². The van der Waals surface area contributed by atoms with Crippen LogP contribution in [-0.2, 0) is 11.2 Å². The van der Waals surface area contributed by atoms with Crippen molar-refractivity contribution < 1.29 is 14.1 Å². The zero-order chi connectivity index (χ0) is 20.1. The predicted molar refractivity (Wildman–Crippen MR) is 104 cm³/mol. The minimum atomic E-state index is -0.283. The Morgan fingerprint density at radius 2 is 2.04 bits per heavy atom. The average molecular weight is 400 g/mol. The van der Waals surface area contributed by atoms with Gasteiger partial charge in [-0.15, -0.1) is 0 Å². The number of nitrogens with zero attached hydrogens (tertiary/aromatic N) is 4. The maximum atomic E-state index is 12.3. The SMILES string of the molecule is CN(C)C(=O)c1ccc(Cl)c(NC(=O)CCc2nc(-c3ccccn3)no2)c1. The summed E-state index contributed by atoms with van der Waals surface area (Å²) in [6.07, 6.45) is 2.02. The number of hydrogen-bond acceptors (Lipinski definition) is 6. The van der Waals surface area contributed by atoms with Gasteiger partial charge in [0.2, 0.25) is 17.6 Å². The first kappa shape index (κ1) is 19.5. The number of carbonyl (C=O) groups excluding carboxylic acids is 2. The molecule has 3 aromatic rings. The summed E-state index contributed by atoms with van der Waals surface area (Å²) < 4.78 is 5.16. The molecule has 0 atom stereocenters. The molecular weight excluding hydrogens is 382 g/mol. The van der Waals surface area contributed by atoms with Gasteiger partial charge in [0.05, 0.1) is 10.7 Å². The van der Waals surface area contributed by atoms with Gasteiger partial charge in [-0.25, -0.2) is 0 Å². The minimum absolute atomic E-state index is 0.117. The van der Waals surface area contributed by atoms with E-state index < -0.39 is 0 Å². The number of hydrogen-bond donors (Lipinski definition) is 1. The number of amides is 2. The summed E-state index contributed by atoms with van der Waals surface area (Å²) in [6.45, 7) is 0. The number of pyridine rings is 1. The Morgan fingerprint density at radius 1 is 1.21 bits per heavy atom. The van der Waals surface area contributed by atoms with Gasteiger partial charge in [0.15, 0.2) is 0 Å². The third-order valence-electron chi connectivity index (χ3n) is 3.82. The molecule has 1 aromatic carbocycles. The summed E-state index contributed by atoms with van der Waals surface area (Å²) in [5, 5.41) is 6.92. The fourth-order valence-electron chi connectivity index (χ4n) is 2.40. The standard InChI is InChI=1S/C19H18ClN5O3/c1-25(2)19(27)12-6-7-13(20)15(11-12)22-16(26)8-9-17-23-18(24-28-17)14-5-3-4-10-21-14/h3-7,10-11H,8-9H2,1-2H3,(H,22,26). The van der Waals surface area contributed by atoms with Crippen LogP contribution < -0.4 is 5.32 Å². The van der Waals surface area contributed by atoms with Crippen molar-refractivity contribution in [2.75, 3.05) is 19.4 Å². The predicted octanol–water partition coefficient (Wildman–Crippen LogP) is 3.06. The summed E-state index contributed by atoms with van der Waals surface area (Å²) in [5.41, 5.74) is 1.40. The van der Waals surface area contributed by atoms with E-state index in [2.05, 4.69) is 20.4 Å². The maximum Gasteiger partial charge on any atom is 0.253 e. The maximum absolute atomic E-state index is 12.3. The van der Waals surface area contributed by atoms with Gasteiger partial charge in [0.25, 0.3) is 5.91 Å². The summed E-state index contributed by atoms with van der Waals surface area (Å²) in [6, 6.07) is 10.1. The van der Waals surface area contributed by atoms with Crippen LogP contribution in [0, 0.1) is 0 Å². The molecule has 0 aliphatic carbocycles. The number of rotatable bonds is 6. The van der Waals surface area contributed by atoms with Gasteiger partial charge in [-0.1, -0.05) is 22.8 Å². The fourth-order valence-corrected chi connectivity index (χ4v) is 2.57. The highest BCUT2D eigenvalue weighted by Crippen LogP contribution is 2.24. The first-order chi connectivity index (χ1) is 13.4. The number of nitrogens with one attached hydrogen (secondary N) is 1. The number of benzene rings is 1. The number of anilines is 1. The molecule has 0 aliphatic rings. The van der Waals surface area contributed by atoms with Crippen molar-refractivity contribution in [1.29, 1.82) is 0 Å². The van der Waals surface area contributed by atoms with Crippen molar-refractivity contribution in [2.24, 2.45) is 0 Å². The van der Waals surface area contributed by atoms with Crippen molar-refractivity contribution in [3.8, 4) is 11.5 Å². The van der Waals surface area contributed by atoms with Gasteiger partial charge in [-0.05, 0) is 30.3 Å². The highest BCUT2D eigenvalue weighted by molar-refractivity contribution is 6.33. The number of aryl methyl sites for hydroxylation is 1. The molecule has 28 heavy (non-hydrogen) atoms. The molecule has 144 valence electrons. The number of halogens is 1. The highest BCUT2D eigenvalue weighted by atomic mass is 35.5. The van der Waals surface area contributed by atoms with Crippen LogP contribution in [0.25, 0.3) is 11.5 Å². The smallest absolute Gasteiger partial charge is 0.253 e. The molecule has 3 rings (SSSR count). The highest BCUT2D eigenvalue weighted by Gasteiger charge is 2.14. The molecule has 0 bridgehead atoms. The van der Waals surface area contributed by atoms with E-state index in [0.717, 1.165) is 0 Å². The Kier molecular flexibility index (Phi) is 6.00. The Bertz CT molecular complexity index is 988. The molecule has 0 aliphatic heterocycles. The molecular formula is C19H18ClN5O3. The lowest BCUT2D eigenvalue weighted by Gasteiger charge is -2.12. The van der Waals surface area contributed by atoms with Gasteiger partial charge >= 0.3 is 0 Å². The first-order valence-corrected chi connectivity index (χ1v) is 8.87. The van der Waals surface area contributed by atoms with Crippen molar-refractivity contribution >= 4 is 29.1 Å². The van der Waals surface area contributed by atoms with Crippen LogP contribution in [0.15, 0.2) is 47.1 Å². The van der Waals surface area contributed by atoms with Crippen molar-refractivity contribution in [1.82, 2.24) is 20.0 Å². The molecule has 0 saturated carbocycles. The van der Waals surface area contributed by atoms with Crippen LogP contribution >= 0.6 is 11.6 Å². The second-order valence-electron chi connectivity index (χ2n) is 6.17. The topological polar surface area (TPSA) is 101 Å². The molecule has 2 heterocycles. The second kappa shape index (κ2) is 8.62. The number of aromatic nitrogens is 3. The molecule has 2 aromatic heterocycles. The molecule has 1 N–H and O–H groups in total. The Balaban J connectivity index is 1.61. The van der Waals surface area contributed by atoms with Crippen LogP contribution in [0.2, 0.25) is 5.02 Å². The van der Waals surface area contributed by atoms with Crippen molar-refractivity contribution in [3.05, 3.63) is 59.1 Å². The van der Waals surface area contributed by atoms with Gasteiger partial charge in [0.1, 0.15) is 5.69 Å². The van der Waals surface area contributed by atoms with Crippen molar-refractivity contribution in [3.63, 3.8) is 0 Å². The Labute approximate surface area is 166 Å². The molecule has 2 amide bonds. The van der Waals surface area contributed by atoms with Crippen LogP contribution in [-0.4, -0.2) is 45.9 Å². The van der Waals surface area contributed by atoms with Crippen LogP contribution in [0.3, 0.4) is 0 Å². The molecule has 0 fully saturated rings. The largest absolute Gasteiger partial charge is 0.345 e. The van der Waals surface area contributed by atoms with E-state index in [1.165, 1.54) is 4.90 Å². The van der Waals surface area contributed by atoms with Gasteiger partial charge in [0, 0.05) is 38.7 Å². The van der Waals surface area contributed by atoms with E-state index >= 15 is 0 Å². The molecule has 8 nitrogen and oxygen atoms in total. The van der Waals surface area contributed by atoms with Crippen LogP contribution in [0.5, 0.6) is 0 Å². The Hall–Kier alpha value is -3.26. The molecule has 0 spiro atoms. The van der Waals surface area contributed by atoms with Gasteiger partial charge in [-0.2, -0.15) is 4.98 Å². The summed E-state index contributed by atoms with van der Waals surface area (Å²) in [4.78, 5) is 34.2. The first-order valence-electron chi connectivity index (χ1n) is 8.49. The molecule has 0 radical (unpaired) electrons. The fraction of sp³-hybridized carbons (Fsp3) is 0.211. The lowest BCUT2D eigenvalue weighted by molar-refractivity contribution is -0.116. The second-order valence-corrected chi connectivity index (χ2v) is 6.58. The summed E-state index contributed by atoms with van der Waals surface area (Å²) in [5.74, 6) is 0.237. The molecule has 0 unspecified atom stereocenters. The lowest BCUT2D eigenvalue weighted by atomic mass is 10.1. The molecule has 9 heteroatoms. The normalized spacial score (nSPS) is 10.5. The zero-order valence-corrected chi connectivity index (χ0v) is 16.1. The summed E-state index contributed by atoms with van der Waals surface area (Å²) in [7, 11) is 3.30. The monoisotopic (exact) mass is 399 g/mol. The van der Waals surface area contributed by atoms with E-state index in [4.69, 9.17) is 16.1 Å². The van der Waals surface area contributed by atoms with Gasteiger partial charge in [-0.3, -0.25) is 14.6 Å². The average Bonchev–Trinajstić information content (AvgIpc) is 3.17. The molecule has 0 saturated heterocycles. The van der Waals surface area contributed by atoms with E-state index in [1.54, 1.807) is 50.6 Å². The minimum Gasteiger partial charge on any atom is -0.345 e. The Morgan fingerprint density at radius 3 is 2.75 bits per heavy atom. The summed E-state index contributed by atoms with van der Waals surface area (Å²) >= 11 is 6.13. The van der Waals surface area contributed by atoms with Crippen LogP contribution in [0.1, 0.15) is 22.7 Å². The van der Waals surface area contributed by atoms with E-state index in [0.29, 0.717) is 33.7 Å². The van der Waals surface area contributed by atoms with Gasteiger partial charge < -0.3 is 14.7 Å². The van der Waals surface area contributed by atoms with E-state index in [1.807, 2.05) is 6.07 Å². The number of carbonyl (C=O) groups is 2. The van der Waals surface area contributed by atoms with E-state index in [9.17, 15) is 9.59 Å². The zero-order valence-electron chi connectivity index (χ0n) is 15.3.